The highest BCUT2D eigenvalue weighted by Gasteiger charge is 2.12. The Morgan fingerprint density at radius 1 is 1.50 bits per heavy atom. The van der Waals surface area contributed by atoms with E-state index in [1.807, 2.05) is 32.0 Å². The maximum atomic E-state index is 9.96. The average molecular weight is 242 g/mol. The van der Waals surface area contributed by atoms with E-state index in [9.17, 15) is 5.11 Å². The molecule has 3 heteroatoms. The van der Waals surface area contributed by atoms with Crippen LogP contribution in [-0.4, -0.2) is 5.11 Å². The topological polar surface area (TPSA) is 46.2 Å². The number of hydrogen-bond acceptors (Lipinski definition) is 2. The Labute approximate surface area is 104 Å². The lowest BCUT2D eigenvalue weighted by atomic mass is 9.97. The number of aryl methyl sites for hydroxylation is 1. The molecule has 0 fully saturated rings. The predicted octanol–water partition coefficient (Wildman–Crippen LogP) is 3.34. The van der Waals surface area contributed by atoms with Crippen molar-refractivity contribution in [1.82, 2.24) is 0 Å². The SMILES string of the molecule is C=C(C)C[C@@H](N)c1cccc(CC)c1O.Cl. The highest BCUT2D eigenvalue weighted by Crippen LogP contribution is 2.29. The maximum absolute atomic E-state index is 9.96. The van der Waals surface area contributed by atoms with E-state index >= 15 is 0 Å². The quantitative estimate of drug-likeness (QED) is 0.795. The van der Waals surface area contributed by atoms with Crippen LogP contribution in [0.5, 0.6) is 5.75 Å². The minimum Gasteiger partial charge on any atom is -0.507 e. The summed E-state index contributed by atoms with van der Waals surface area (Å²) in [4.78, 5) is 0. The number of para-hydroxylation sites is 1. The normalized spacial score (nSPS) is 11.7. The molecule has 1 atom stereocenters. The monoisotopic (exact) mass is 241 g/mol. The van der Waals surface area contributed by atoms with Crippen molar-refractivity contribution in [2.45, 2.75) is 32.7 Å². The Bertz CT molecular complexity index is 363. The number of phenols is 1. The standard InChI is InChI=1S/C13H19NO.ClH/c1-4-10-6-5-7-11(13(10)15)12(14)8-9(2)3;/h5-7,12,15H,2,4,8,14H2,1,3H3;1H/t12-;/m1./s1. The molecular weight excluding hydrogens is 222 g/mol. The van der Waals surface area contributed by atoms with Gasteiger partial charge in [0.2, 0.25) is 0 Å². The highest BCUT2D eigenvalue weighted by molar-refractivity contribution is 5.85. The van der Waals surface area contributed by atoms with Crippen LogP contribution in [-0.2, 0) is 6.42 Å². The van der Waals surface area contributed by atoms with Gasteiger partial charge in [0, 0.05) is 11.6 Å². The maximum Gasteiger partial charge on any atom is 0.123 e. The number of rotatable bonds is 4. The minimum atomic E-state index is -0.158. The molecule has 1 aromatic carbocycles. The van der Waals surface area contributed by atoms with Crippen LogP contribution in [0.25, 0.3) is 0 Å². The van der Waals surface area contributed by atoms with Crippen LogP contribution in [0.1, 0.15) is 37.4 Å². The van der Waals surface area contributed by atoms with Gasteiger partial charge >= 0.3 is 0 Å². The molecular formula is C13H20ClNO. The summed E-state index contributed by atoms with van der Waals surface area (Å²) in [7, 11) is 0. The predicted molar refractivity (Wildman–Crippen MR) is 71.1 cm³/mol. The summed E-state index contributed by atoms with van der Waals surface area (Å²) in [5, 5.41) is 9.96. The second kappa shape index (κ2) is 6.56. The molecule has 90 valence electrons. The van der Waals surface area contributed by atoms with E-state index in [2.05, 4.69) is 6.58 Å². The van der Waals surface area contributed by atoms with Crippen LogP contribution >= 0.6 is 12.4 Å². The van der Waals surface area contributed by atoms with E-state index in [1.165, 1.54) is 0 Å². The summed E-state index contributed by atoms with van der Waals surface area (Å²) in [5.74, 6) is 0.341. The molecule has 0 saturated carbocycles. The van der Waals surface area contributed by atoms with Crippen molar-refractivity contribution >= 4 is 12.4 Å². The zero-order chi connectivity index (χ0) is 11.4. The van der Waals surface area contributed by atoms with Crippen LogP contribution in [0.3, 0.4) is 0 Å². The Hall–Kier alpha value is -0.990. The molecule has 3 N–H and O–H groups in total. The van der Waals surface area contributed by atoms with E-state index < -0.39 is 0 Å². The molecule has 0 heterocycles. The number of nitrogens with two attached hydrogens (primary N) is 1. The first-order valence-electron chi connectivity index (χ1n) is 5.27. The fourth-order valence-electron chi connectivity index (χ4n) is 1.68. The van der Waals surface area contributed by atoms with Gasteiger partial charge in [-0.2, -0.15) is 0 Å². The molecule has 2 nitrogen and oxygen atoms in total. The number of halogens is 1. The van der Waals surface area contributed by atoms with Crippen LogP contribution in [0.2, 0.25) is 0 Å². The molecule has 1 aromatic rings. The number of phenolic OH excluding ortho intramolecular Hbond substituents is 1. The second-order valence-corrected chi connectivity index (χ2v) is 3.98. The van der Waals surface area contributed by atoms with Gasteiger partial charge < -0.3 is 10.8 Å². The Kier molecular flexibility index (Phi) is 6.16. The number of hydrogen-bond donors (Lipinski definition) is 2. The van der Waals surface area contributed by atoms with Crippen LogP contribution in [0.15, 0.2) is 30.4 Å². The van der Waals surface area contributed by atoms with Gasteiger partial charge in [-0.3, -0.25) is 0 Å². The van der Waals surface area contributed by atoms with Crippen LogP contribution in [0, 0.1) is 0 Å². The van der Waals surface area contributed by atoms with Crippen LogP contribution < -0.4 is 5.73 Å². The molecule has 0 bridgehead atoms. The van der Waals surface area contributed by atoms with Crippen LogP contribution in [0.4, 0.5) is 0 Å². The molecule has 0 amide bonds. The van der Waals surface area contributed by atoms with Crippen molar-refractivity contribution in [2.75, 3.05) is 0 Å². The number of aromatic hydroxyl groups is 1. The van der Waals surface area contributed by atoms with E-state index in [4.69, 9.17) is 5.73 Å². The Morgan fingerprint density at radius 3 is 2.62 bits per heavy atom. The molecule has 16 heavy (non-hydrogen) atoms. The lowest BCUT2D eigenvalue weighted by Crippen LogP contribution is -2.11. The molecule has 0 spiro atoms. The molecule has 0 unspecified atom stereocenters. The first kappa shape index (κ1) is 15.0. The first-order valence-corrected chi connectivity index (χ1v) is 5.27. The van der Waals surface area contributed by atoms with Crippen molar-refractivity contribution in [1.29, 1.82) is 0 Å². The van der Waals surface area contributed by atoms with Gasteiger partial charge in [-0.1, -0.05) is 30.7 Å². The summed E-state index contributed by atoms with van der Waals surface area (Å²) in [6.07, 6.45) is 1.53. The van der Waals surface area contributed by atoms with E-state index in [0.29, 0.717) is 12.2 Å². The minimum absolute atomic E-state index is 0. The molecule has 0 aromatic heterocycles. The van der Waals surface area contributed by atoms with Crippen molar-refractivity contribution in [3.63, 3.8) is 0 Å². The third-order valence-corrected chi connectivity index (χ3v) is 2.50. The largest absolute Gasteiger partial charge is 0.507 e. The van der Waals surface area contributed by atoms with Gasteiger partial charge in [0.1, 0.15) is 5.75 Å². The van der Waals surface area contributed by atoms with Gasteiger partial charge in [-0.25, -0.2) is 0 Å². The van der Waals surface area contributed by atoms with Crippen molar-refractivity contribution in [3.05, 3.63) is 41.5 Å². The smallest absolute Gasteiger partial charge is 0.123 e. The molecule has 1 rings (SSSR count). The zero-order valence-corrected chi connectivity index (χ0v) is 10.7. The molecule has 0 radical (unpaired) electrons. The summed E-state index contributed by atoms with van der Waals surface area (Å²) in [6.45, 7) is 7.79. The third-order valence-electron chi connectivity index (χ3n) is 2.50. The molecule has 0 aliphatic heterocycles. The lowest BCUT2D eigenvalue weighted by Gasteiger charge is -2.15. The third kappa shape index (κ3) is 3.54. The van der Waals surface area contributed by atoms with Crippen molar-refractivity contribution in [3.8, 4) is 5.75 Å². The first-order chi connectivity index (χ1) is 7.06. The Balaban J connectivity index is 0.00000225. The number of benzene rings is 1. The fraction of sp³-hybridized carbons (Fsp3) is 0.385. The van der Waals surface area contributed by atoms with Crippen molar-refractivity contribution in [2.24, 2.45) is 5.73 Å². The summed E-state index contributed by atoms with van der Waals surface area (Å²) in [5.41, 5.74) is 8.80. The summed E-state index contributed by atoms with van der Waals surface area (Å²) < 4.78 is 0. The van der Waals surface area contributed by atoms with Gasteiger partial charge in [-0.15, -0.1) is 19.0 Å². The second-order valence-electron chi connectivity index (χ2n) is 3.98. The van der Waals surface area contributed by atoms with E-state index in [-0.39, 0.29) is 18.4 Å². The molecule has 0 saturated heterocycles. The van der Waals surface area contributed by atoms with E-state index in [1.54, 1.807) is 0 Å². The van der Waals surface area contributed by atoms with Gasteiger partial charge in [0.15, 0.2) is 0 Å². The fourth-order valence-corrected chi connectivity index (χ4v) is 1.68. The lowest BCUT2D eigenvalue weighted by molar-refractivity contribution is 0.455. The summed E-state index contributed by atoms with van der Waals surface area (Å²) in [6, 6.07) is 5.58. The average Bonchev–Trinajstić information content (AvgIpc) is 2.17. The summed E-state index contributed by atoms with van der Waals surface area (Å²) >= 11 is 0. The van der Waals surface area contributed by atoms with E-state index in [0.717, 1.165) is 23.1 Å². The van der Waals surface area contributed by atoms with Gasteiger partial charge in [0.05, 0.1) is 0 Å². The van der Waals surface area contributed by atoms with Gasteiger partial charge in [0.25, 0.3) is 0 Å². The molecule has 0 aliphatic rings. The molecule has 0 aliphatic carbocycles. The highest BCUT2D eigenvalue weighted by atomic mass is 35.5. The Morgan fingerprint density at radius 2 is 2.12 bits per heavy atom. The van der Waals surface area contributed by atoms with Crippen molar-refractivity contribution < 1.29 is 5.11 Å². The zero-order valence-electron chi connectivity index (χ0n) is 9.86. The van der Waals surface area contributed by atoms with Gasteiger partial charge in [-0.05, 0) is 25.3 Å².